The summed E-state index contributed by atoms with van der Waals surface area (Å²) in [5, 5.41) is 0. The molecular formula is C12H16F2N2. The number of rotatable bonds is 2. The van der Waals surface area contributed by atoms with Gasteiger partial charge < -0.3 is 5.73 Å². The molecule has 1 saturated heterocycles. The maximum Gasteiger partial charge on any atom is 0.127 e. The molecule has 88 valence electrons. The molecule has 0 amide bonds. The van der Waals surface area contributed by atoms with Crippen molar-refractivity contribution in [1.29, 1.82) is 0 Å². The maximum atomic E-state index is 13.4. The van der Waals surface area contributed by atoms with E-state index in [2.05, 4.69) is 11.8 Å². The Morgan fingerprint density at radius 2 is 2.12 bits per heavy atom. The molecule has 2 nitrogen and oxygen atoms in total. The molecule has 2 atom stereocenters. The van der Waals surface area contributed by atoms with Crippen LogP contribution in [0, 0.1) is 17.6 Å². The average Bonchev–Trinajstić information content (AvgIpc) is 2.52. The molecule has 2 unspecified atom stereocenters. The molecule has 16 heavy (non-hydrogen) atoms. The minimum atomic E-state index is -0.395. The highest BCUT2D eigenvalue weighted by molar-refractivity contribution is 5.18. The highest BCUT2D eigenvalue weighted by Crippen LogP contribution is 2.19. The van der Waals surface area contributed by atoms with Crippen LogP contribution in [0.3, 0.4) is 0 Å². The first-order valence-electron chi connectivity index (χ1n) is 5.48. The zero-order valence-corrected chi connectivity index (χ0v) is 9.29. The predicted molar refractivity (Wildman–Crippen MR) is 58.8 cm³/mol. The molecule has 2 rings (SSSR count). The van der Waals surface area contributed by atoms with Crippen LogP contribution in [-0.4, -0.2) is 24.0 Å². The normalized spacial score (nSPS) is 26.2. The zero-order valence-electron chi connectivity index (χ0n) is 9.29. The second kappa shape index (κ2) is 4.47. The molecule has 1 aromatic rings. The van der Waals surface area contributed by atoms with Crippen molar-refractivity contribution in [2.75, 3.05) is 13.1 Å². The molecule has 0 spiro atoms. The lowest BCUT2D eigenvalue weighted by Gasteiger charge is -2.15. The molecule has 0 bridgehead atoms. The van der Waals surface area contributed by atoms with Gasteiger partial charge in [0.2, 0.25) is 0 Å². The summed E-state index contributed by atoms with van der Waals surface area (Å²) in [6.07, 6.45) is 0. The van der Waals surface area contributed by atoms with Gasteiger partial charge in [0.15, 0.2) is 0 Å². The summed E-state index contributed by atoms with van der Waals surface area (Å²) >= 11 is 0. The topological polar surface area (TPSA) is 29.3 Å². The molecule has 0 saturated carbocycles. The minimum Gasteiger partial charge on any atom is -0.326 e. The largest absolute Gasteiger partial charge is 0.326 e. The first-order valence-corrected chi connectivity index (χ1v) is 5.48. The van der Waals surface area contributed by atoms with Crippen LogP contribution in [-0.2, 0) is 6.54 Å². The Morgan fingerprint density at radius 1 is 1.38 bits per heavy atom. The van der Waals surface area contributed by atoms with E-state index in [4.69, 9.17) is 5.73 Å². The van der Waals surface area contributed by atoms with Gasteiger partial charge in [-0.25, -0.2) is 8.78 Å². The molecule has 0 aromatic heterocycles. The van der Waals surface area contributed by atoms with Crippen molar-refractivity contribution >= 4 is 0 Å². The van der Waals surface area contributed by atoms with Crippen LogP contribution in [0.5, 0.6) is 0 Å². The van der Waals surface area contributed by atoms with Gasteiger partial charge in [-0.05, 0) is 24.1 Å². The fourth-order valence-corrected chi connectivity index (χ4v) is 2.13. The van der Waals surface area contributed by atoms with E-state index in [0.717, 1.165) is 19.2 Å². The molecule has 0 aliphatic carbocycles. The molecule has 1 aliphatic rings. The van der Waals surface area contributed by atoms with E-state index in [-0.39, 0.29) is 11.9 Å². The summed E-state index contributed by atoms with van der Waals surface area (Å²) in [6, 6.07) is 3.70. The van der Waals surface area contributed by atoms with E-state index in [0.29, 0.717) is 18.0 Å². The number of likely N-dealkylation sites (tertiary alicyclic amines) is 1. The van der Waals surface area contributed by atoms with Crippen LogP contribution in [0.25, 0.3) is 0 Å². The Bertz CT molecular complexity index is 371. The number of nitrogens with two attached hydrogens (primary N) is 1. The smallest absolute Gasteiger partial charge is 0.127 e. The highest BCUT2D eigenvalue weighted by Gasteiger charge is 2.26. The molecular weight excluding hydrogens is 210 g/mol. The Hall–Kier alpha value is -1.00. The fraction of sp³-hybridized carbons (Fsp3) is 0.500. The summed E-state index contributed by atoms with van der Waals surface area (Å²) in [4.78, 5) is 2.06. The van der Waals surface area contributed by atoms with Crippen molar-refractivity contribution < 1.29 is 8.78 Å². The van der Waals surface area contributed by atoms with Crippen molar-refractivity contribution in [1.82, 2.24) is 4.90 Å². The van der Waals surface area contributed by atoms with Gasteiger partial charge in [0.1, 0.15) is 11.6 Å². The van der Waals surface area contributed by atoms with Crippen LogP contribution in [0.1, 0.15) is 12.5 Å². The molecule has 1 fully saturated rings. The number of benzene rings is 1. The maximum absolute atomic E-state index is 13.4. The van der Waals surface area contributed by atoms with Crippen LogP contribution < -0.4 is 5.73 Å². The lowest BCUT2D eigenvalue weighted by Crippen LogP contribution is -2.28. The van der Waals surface area contributed by atoms with Crippen molar-refractivity contribution in [2.45, 2.75) is 19.5 Å². The third-order valence-corrected chi connectivity index (χ3v) is 3.15. The van der Waals surface area contributed by atoms with E-state index in [1.807, 2.05) is 0 Å². The predicted octanol–water partition coefficient (Wildman–Crippen LogP) is 1.74. The second-order valence-electron chi connectivity index (χ2n) is 4.57. The van der Waals surface area contributed by atoms with Crippen LogP contribution in [0.2, 0.25) is 0 Å². The quantitative estimate of drug-likeness (QED) is 0.832. The van der Waals surface area contributed by atoms with Gasteiger partial charge in [0, 0.05) is 31.2 Å². The summed E-state index contributed by atoms with van der Waals surface area (Å²) in [6.45, 7) is 4.10. The van der Waals surface area contributed by atoms with Crippen LogP contribution in [0.4, 0.5) is 8.78 Å². The number of nitrogens with zero attached hydrogens (tertiary/aromatic N) is 1. The van der Waals surface area contributed by atoms with Crippen molar-refractivity contribution in [2.24, 2.45) is 11.7 Å². The number of hydrogen-bond donors (Lipinski definition) is 1. The minimum absolute atomic E-state index is 0.136. The lowest BCUT2D eigenvalue weighted by molar-refractivity contribution is 0.313. The Labute approximate surface area is 94.0 Å². The fourth-order valence-electron chi connectivity index (χ4n) is 2.13. The summed E-state index contributed by atoms with van der Waals surface area (Å²) in [7, 11) is 0. The Morgan fingerprint density at radius 3 is 2.75 bits per heavy atom. The Balaban J connectivity index is 2.07. The van der Waals surface area contributed by atoms with Gasteiger partial charge in [-0.3, -0.25) is 4.90 Å². The lowest BCUT2D eigenvalue weighted by atomic mass is 10.1. The van der Waals surface area contributed by atoms with Gasteiger partial charge >= 0.3 is 0 Å². The third kappa shape index (κ3) is 2.39. The van der Waals surface area contributed by atoms with Crippen LogP contribution in [0.15, 0.2) is 18.2 Å². The van der Waals surface area contributed by atoms with Gasteiger partial charge in [-0.2, -0.15) is 0 Å². The summed E-state index contributed by atoms with van der Waals surface area (Å²) < 4.78 is 26.4. The molecule has 4 heteroatoms. The van der Waals surface area contributed by atoms with Crippen molar-refractivity contribution in [3.8, 4) is 0 Å². The average molecular weight is 226 g/mol. The van der Waals surface area contributed by atoms with Crippen molar-refractivity contribution in [3.63, 3.8) is 0 Å². The van der Waals surface area contributed by atoms with Gasteiger partial charge in [-0.1, -0.05) is 6.92 Å². The first kappa shape index (κ1) is 11.5. The van der Waals surface area contributed by atoms with E-state index >= 15 is 0 Å². The van der Waals surface area contributed by atoms with Crippen LogP contribution >= 0.6 is 0 Å². The monoisotopic (exact) mass is 226 g/mol. The third-order valence-electron chi connectivity index (χ3n) is 3.15. The Kier molecular flexibility index (Phi) is 3.21. The van der Waals surface area contributed by atoms with E-state index in [1.54, 1.807) is 0 Å². The van der Waals surface area contributed by atoms with Crippen molar-refractivity contribution in [3.05, 3.63) is 35.4 Å². The summed E-state index contributed by atoms with van der Waals surface area (Å²) in [5.74, 6) is -0.334. The van der Waals surface area contributed by atoms with E-state index in [9.17, 15) is 8.78 Å². The summed E-state index contributed by atoms with van der Waals surface area (Å²) in [5.41, 5.74) is 6.28. The number of hydrogen-bond acceptors (Lipinski definition) is 2. The van der Waals surface area contributed by atoms with E-state index < -0.39 is 5.82 Å². The zero-order chi connectivity index (χ0) is 11.7. The SMILES string of the molecule is CC1CN(Cc2cc(F)ccc2F)CC1N. The molecule has 1 aliphatic heterocycles. The van der Waals surface area contributed by atoms with E-state index in [1.165, 1.54) is 12.1 Å². The molecule has 1 aromatic carbocycles. The van der Waals surface area contributed by atoms with Gasteiger partial charge in [0.25, 0.3) is 0 Å². The molecule has 1 heterocycles. The first-order chi connectivity index (χ1) is 7.56. The van der Waals surface area contributed by atoms with Gasteiger partial charge in [0.05, 0.1) is 0 Å². The number of halogens is 2. The molecule has 0 radical (unpaired) electrons. The standard InChI is InChI=1S/C12H16F2N2/c1-8-5-16(7-12(8)15)6-9-4-10(13)2-3-11(9)14/h2-4,8,12H,5-7,15H2,1H3. The highest BCUT2D eigenvalue weighted by atomic mass is 19.1. The second-order valence-corrected chi connectivity index (χ2v) is 4.57. The molecule has 2 N–H and O–H groups in total. The van der Waals surface area contributed by atoms with Gasteiger partial charge in [-0.15, -0.1) is 0 Å².